The molecule has 0 spiro atoms. The minimum Gasteiger partial charge on any atom is -0.391 e. The number of nitrogens with two attached hydrogens (primary N) is 6. The lowest BCUT2D eigenvalue weighted by Gasteiger charge is -2.32. The number of aliphatic hydroxyl groups excluding tert-OH is 1. The molecule has 18 N–H and O–H groups in total. The zero-order valence-electron chi connectivity index (χ0n) is 39.6. The van der Waals surface area contributed by atoms with E-state index in [0.717, 1.165) is 4.90 Å². The van der Waals surface area contributed by atoms with Crippen molar-refractivity contribution in [2.45, 2.75) is 135 Å². The van der Waals surface area contributed by atoms with Crippen LogP contribution in [0.1, 0.15) is 92.1 Å². The monoisotopic (exact) mass is 949 g/mol. The molecular weight excluding hydrogens is 876 g/mol. The highest BCUT2D eigenvalue weighted by atomic mass is 19.1. The Bertz CT molecular complexity index is 1890. The number of aliphatic imine (C=N–C) groups is 2. The molecule has 67 heavy (non-hydrogen) atoms. The van der Waals surface area contributed by atoms with Crippen LogP contribution >= 0.6 is 0 Å². The molecule has 8 amide bonds. The lowest BCUT2D eigenvalue weighted by atomic mass is 9.96. The van der Waals surface area contributed by atoms with E-state index in [-0.39, 0.29) is 75.4 Å². The van der Waals surface area contributed by atoms with Crippen LogP contribution < -0.4 is 61.0 Å². The lowest BCUT2D eigenvalue weighted by molar-refractivity contribution is -0.143. The number of likely N-dealkylation sites (N-methyl/N-ethyl adjacent to an activating group) is 1. The second kappa shape index (κ2) is 29.1. The molecule has 8 atom stereocenters. The first-order valence-electron chi connectivity index (χ1n) is 22.1. The number of benzene rings is 1. The normalized spacial score (nSPS) is 14.7. The summed E-state index contributed by atoms with van der Waals surface area (Å²) in [5.41, 5.74) is 33.4. The Balaban J connectivity index is 3.56. The Hall–Kier alpha value is -6.59. The zero-order valence-corrected chi connectivity index (χ0v) is 39.6. The Morgan fingerprint density at radius 1 is 0.642 bits per heavy atom. The van der Waals surface area contributed by atoms with Crippen LogP contribution in [0.25, 0.3) is 0 Å². The molecule has 0 radical (unpaired) electrons. The zero-order chi connectivity index (χ0) is 51.1. The molecule has 0 aliphatic heterocycles. The average molecular weight is 949 g/mol. The molecule has 1 rings (SSSR count). The molecule has 0 unspecified atom stereocenters. The van der Waals surface area contributed by atoms with Crippen molar-refractivity contribution < 1.29 is 47.9 Å². The van der Waals surface area contributed by atoms with Crippen LogP contribution in [0.2, 0.25) is 0 Å². The predicted molar refractivity (Wildman–Crippen MR) is 249 cm³/mol. The van der Waals surface area contributed by atoms with Crippen LogP contribution in [0.5, 0.6) is 0 Å². The van der Waals surface area contributed by atoms with Gasteiger partial charge in [0.15, 0.2) is 11.9 Å². The number of carbonyl (C=O) groups excluding carboxylic acids is 8. The maximum atomic E-state index is 14.4. The Kier molecular flexibility index (Phi) is 25.4. The average Bonchev–Trinajstić information content (AvgIpc) is 3.23. The van der Waals surface area contributed by atoms with Gasteiger partial charge in [0.2, 0.25) is 47.3 Å². The number of rotatable bonds is 30. The fourth-order valence-electron chi connectivity index (χ4n) is 6.88. The Morgan fingerprint density at radius 2 is 1.15 bits per heavy atom. The molecule has 0 aromatic heterocycles. The number of amides is 8. The summed E-state index contributed by atoms with van der Waals surface area (Å²) in [5, 5.41) is 23.5. The molecule has 1 aromatic rings. The van der Waals surface area contributed by atoms with Gasteiger partial charge in [0, 0.05) is 38.9 Å². The van der Waals surface area contributed by atoms with Crippen molar-refractivity contribution in [2.75, 3.05) is 20.1 Å². The van der Waals surface area contributed by atoms with Gasteiger partial charge >= 0.3 is 0 Å². The molecule has 24 heteroatoms. The van der Waals surface area contributed by atoms with E-state index in [1.807, 2.05) is 13.8 Å². The molecule has 376 valence electrons. The van der Waals surface area contributed by atoms with Crippen LogP contribution in [0.3, 0.4) is 0 Å². The third kappa shape index (κ3) is 22.0. The number of halogens is 1. The van der Waals surface area contributed by atoms with Gasteiger partial charge in [-0.25, -0.2) is 4.39 Å². The van der Waals surface area contributed by atoms with Gasteiger partial charge in [-0.05, 0) is 75.0 Å². The largest absolute Gasteiger partial charge is 0.391 e. The van der Waals surface area contributed by atoms with E-state index >= 15 is 0 Å². The first kappa shape index (κ1) is 58.4. The highest BCUT2D eigenvalue weighted by molar-refractivity contribution is 5.97. The number of hydrogen-bond acceptors (Lipinski definition) is 11. The summed E-state index contributed by atoms with van der Waals surface area (Å²) in [7, 11) is 1.25. The maximum Gasteiger partial charge on any atom is 0.245 e. The van der Waals surface area contributed by atoms with E-state index in [2.05, 4.69) is 36.6 Å². The molecule has 0 bridgehead atoms. The summed E-state index contributed by atoms with van der Waals surface area (Å²) in [4.78, 5) is 116. The number of nitrogens with one attached hydrogen (secondary N) is 5. The lowest BCUT2D eigenvalue weighted by Crippen LogP contribution is -2.62. The quantitative estimate of drug-likeness (QED) is 0.0211. The molecule has 0 heterocycles. The van der Waals surface area contributed by atoms with Crippen molar-refractivity contribution in [1.29, 1.82) is 0 Å². The molecular formula is C43H73FN14O9. The van der Waals surface area contributed by atoms with E-state index in [0.29, 0.717) is 12.0 Å². The van der Waals surface area contributed by atoms with E-state index in [1.54, 1.807) is 20.8 Å². The molecule has 23 nitrogen and oxygen atoms in total. The van der Waals surface area contributed by atoms with E-state index < -0.39 is 108 Å². The van der Waals surface area contributed by atoms with Crippen LogP contribution in [0, 0.1) is 23.6 Å². The van der Waals surface area contributed by atoms with E-state index in [4.69, 9.17) is 34.4 Å². The van der Waals surface area contributed by atoms with Crippen molar-refractivity contribution >= 4 is 59.2 Å². The van der Waals surface area contributed by atoms with Gasteiger partial charge in [-0.2, -0.15) is 0 Å². The number of nitrogens with zero attached hydrogens (tertiary/aromatic N) is 3. The van der Waals surface area contributed by atoms with Crippen LogP contribution in [0.15, 0.2) is 34.3 Å². The van der Waals surface area contributed by atoms with Crippen LogP contribution in [-0.2, 0) is 44.8 Å². The van der Waals surface area contributed by atoms with Gasteiger partial charge in [0.05, 0.1) is 6.10 Å². The first-order chi connectivity index (χ1) is 31.2. The summed E-state index contributed by atoms with van der Waals surface area (Å²) < 4.78 is 13.6. The van der Waals surface area contributed by atoms with E-state index in [1.165, 1.54) is 38.2 Å². The molecule has 0 aliphatic carbocycles. The molecule has 0 saturated heterocycles. The van der Waals surface area contributed by atoms with Gasteiger partial charge in [0.25, 0.3) is 0 Å². The minimum atomic E-state index is -1.64. The van der Waals surface area contributed by atoms with Gasteiger partial charge in [0.1, 0.15) is 42.1 Å². The van der Waals surface area contributed by atoms with Crippen molar-refractivity contribution in [1.82, 2.24) is 31.5 Å². The van der Waals surface area contributed by atoms with Gasteiger partial charge in [-0.15, -0.1) is 0 Å². The van der Waals surface area contributed by atoms with Gasteiger partial charge in [-0.3, -0.25) is 48.3 Å². The van der Waals surface area contributed by atoms with E-state index in [9.17, 15) is 47.9 Å². The van der Waals surface area contributed by atoms with Gasteiger partial charge < -0.3 is 71.0 Å². The van der Waals surface area contributed by atoms with Crippen molar-refractivity contribution in [2.24, 2.45) is 62.1 Å². The molecule has 0 fully saturated rings. The highest BCUT2D eigenvalue weighted by Gasteiger charge is 2.37. The Morgan fingerprint density at radius 3 is 1.64 bits per heavy atom. The topological polar surface area (TPSA) is 401 Å². The summed E-state index contributed by atoms with van der Waals surface area (Å²) in [5.74, 6) is -8.28. The summed E-state index contributed by atoms with van der Waals surface area (Å²) in [6.07, 6.45) is -1.89. The third-order valence-electron chi connectivity index (χ3n) is 10.5. The molecule has 1 aromatic carbocycles. The number of hydrogen-bond donors (Lipinski definition) is 12. The number of carbonyl (C=O) groups is 8. The van der Waals surface area contributed by atoms with Crippen LogP contribution in [0.4, 0.5) is 4.39 Å². The SMILES string of the molecule is CC(C)C[C@H](C)C(=O)N[C@H](C(=O)N[C@H](C(=O)N[C@@H](CCCN=C(N)N)C(=O)N[C@@H](CCC(N)=O)C(=O)N(C)[C@@H](CCCN=C(N)N)C(=O)N[C@@H](Cc1ccc(F)cc1)C(N)=O)[C@@H](C)O)C(C)C. The summed E-state index contributed by atoms with van der Waals surface area (Å²) in [6.45, 7) is 10.3. The minimum absolute atomic E-state index is 0.000418. The summed E-state index contributed by atoms with van der Waals surface area (Å²) >= 11 is 0. The predicted octanol–water partition coefficient (Wildman–Crippen LogP) is -2.80. The number of primary amides is 2. The standard InChI is InChI=1S/C43H73FN14O9/c1-22(2)20-24(5)36(62)56-33(23(3)4)39(65)57-34(25(6)59)40(66)53-28(10-8-18-51-42(47)48)37(63)54-29(16-17-32(45)60)41(67)58(7)31(11-9-19-52-43(49)50)38(64)55-30(35(46)61)21-26-12-14-27(44)15-13-26/h12-15,22-25,28-31,33-34,59H,8-11,16-21H2,1-7H3,(H2,45,60)(H2,46,61)(H,53,66)(H,54,63)(H,55,64)(H,56,62)(H,57,65)(H4,47,48,51)(H4,49,50,52)/t24-,25+,28-,29-,30-,31-,33-,34-/m0/s1. The number of guanidine groups is 2. The fraction of sp³-hybridized carbons (Fsp3) is 0.628. The first-order valence-corrected chi connectivity index (χ1v) is 22.1. The van der Waals surface area contributed by atoms with Crippen molar-refractivity contribution in [3.63, 3.8) is 0 Å². The third-order valence-corrected chi connectivity index (χ3v) is 10.5. The highest BCUT2D eigenvalue weighted by Crippen LogP contribution is 2.15. The fourth-order valence-corrected chi connectivity index (χ4v) is 6.88. The smallest absolute Gasteiger partial charge is 0.245 e. The maximum absolute atomic E-state index is 14.4. The van der Waals surface area contributed by atoms with Crippen molar-refractivity contribution in [3.05, 3.63) is 35.6 Å². The second-order valence-electron chi connectivity index (χ2n) is 17.3. The van der Waals surface area contributed by atoms with Crippen LogP contribution in [-0.4, -0.2) is 132 Å². The molecule has 0 saturated carbocycles. The number of aliphatic hydroxyl groups is 1. The molecule has 0 aliphatic rings. The summed E-state index contributed by atoms with van der Waals surface area (Å²) in [6, 6.07) is -3.29. The van der Waals surface area contributed by atoms with Crippen molar-refractivity contribution in [3.8, 4) is 0 Å². The van der Waals surface area contributed by atoms with Gasteiger partial charge in [-0.1, -0.05) is 46.8 Å². The second-order valence-corrected chi connectivity index (χ2v) is 17.3. The Labute approximate surface area is 391 Å².